The van der Waals surface area contributed by atoms with E-state index in [1.807, 2.05) is 24.4 Å². The van der Waals surface area contributed by atoms with E-state index in [1.54, 1.807) is 7.11 Å². The van der Waals surface area contributed by atoms with Crippen LogP contribution in [0.4, 0.5) is 5.69 Å². The maximum absolute atomic E-state index is 5.34. The first-order valence-electron chi connectivity index (χ1n) is 7.19. The van der Waals surface area contributed by atoms with Gasteiger partial charge in [0.1, 0.15) is 11.4 Å². The van der Waals surface area contributed by atoms with E-state index in [4.69, 9.17) is 4.74 Å². The zero-order valence-corrected chi connectivity index (χ0v) is 13.5. The lowest BCUT2D eigenvalue weighted by molar-refractivity contribution is 0.416. The first-order chi connectivity index (χ1) is 9.90. The highest BCUT2D eigenvalue weighted by Gasteiger charge is 2.12. The molecule has 21 heavy (non-hydrogen) atoms. The summed E-state index contributed by atoms with van der Waals surface area (Å²) in [5.41, 5.74) is 4.62. The molecule has 0 saturated carbocycles. The van der Waals surface area contributed by atoms with Crippen LogP contribution in [-0.2, 0) is 5.41 Å². The topological polar surface area (TPSA) is 21.6 Å². The summed E-state index contributed by atoms with van der Waals surface area (Å²) >= 11 is 0. The monoisotopic (exact) mass is 281 g/mol. The molecule has 0 fully saturated rings. The van der Waals surface area contributed by atoms with Crippen molar-refractivity contribution >= 4 is 11.9 Å². The van der Waals surface area contributed by atoms with E-state index in [0.717, 1.165) is 17.0 Å². The molecule has 2 nitrogen and oxygen atoms in total. The number of hydrogen-bond acceptors (Lipinski definition) is 2. The van der Waals surface area contributed by atoms with Crippen molar-refractivity contribution in [1.82, 2.24) is 0 Å². The standard InChI is InChI=1S/C19H23NO/c1-14-6-11-18(21-5)17(12-14)20-13-15-7-9-16(10-8-15)19(2,3)4/h6-13H,1-5H3. The predicted molar refractivity (Wildman–Crippen MR) is 90.1 cm³/mol. The molecular formula is C19H23NO. The molecular weight excluding hydrogens is 258 g/mol. The fourth-order valence-corrected chi connectivity index (χ4v) is 2.11. The van der Waals surface area contributed by atoms with Gasteiger partial charge in [0.25, 0.3) is 0 Å². The maximum atomic E-state index is 5.34. The summed E-state index contributed by atoms with van der Waals surface area (Å²) in [6.07, 6.45) is 1.88. The summed E-state index contributed by atoms with van der Waals surface area (Å²) < 4.78 is 5.34. The minimum Gasteiger partial charge on any atom is -0.494 e. The molecule has 0 atom stereocenters. The Morgan fingerprint density at radius 1 is 1.00 bits per heavy atom. The molecule has 0 N–H and O–H groups in total. The molecule has 2 rings (SSSR count). The first kappa shape index (κ1) is 15.3. The lowest BCUT2D eigenvalue weighted by Crippen LogP contribution is -2.10. The summed E-state index contributed by atoms with van der Waals surface area (Å²) in [7, 11) is 1.67. The van der Waals surface area contributed by atoms with Crippen LogP contribution in [0.3, 0.4) is 0 Å². The molecule has 0 bridgehead atoms. The third-order valence-corrected chi connectivity index (χ3v) is 3.46. The van der Waals surface area contributed by atoms with Crippen LogP contribution in [0.15, 0.2) is 47.5 Å². The van der Waals surface area contributed by atoms with E-state index in [-0.39, 0.29) is 5.41 Å². The minimum absolute atomic E-state index is 0.176. The predicted octanol–water partition coefficient (Wildman–Crippen LogP) is 5.05. The van der Waals surface area contributed by atoms with Gasteiger partial charge in [-0.1, -0.05) is 51.1 Å². The molecule has 0 aliphatic rings. The Morgan fingerprint density at radius 3 is 2.24 bits per heavy atom. The van der Waals surface area contributed by atoms with Gasteiger partial charge in [0, 0.05) is 6.21 Å². The normalized spacial score (nSPS) is 11.9. The molecule has 0 radical (unpaired) electrons. The van der Waals surface area contributed by atoms with E-state index < -0.39 is 0 Å². The van der Waals surface area contributed by atoms with Crippen LogP contribution in [0.1, 0.15) is 37.5 Å². The van der Waals surface area contributed by atoms with Gasteiger partial charge in [0.05, 0.1) is 7.11 Å². The number of rotatable bonds is 3. The van der Waals surface area contributed by atoms with Crippen molar-refractivity contribution in [1.29, 1.82) is 0 Å². The molecule has 2 aromatic rings. The fraction of sp³-hybridized carbons (Fsp3) is 0.316. The molecule has 2 heteroatoms. The van der Waals surface area contributed by atoms with Crippen LogP contribution in [0.5, 0.6) is 5.75 Å². The van der Waals surface area contributed by atoms with Crippen molar-refractivity contribution in [2.24, 2.45) is 4.99 Å². The number of aliphatic imine (C=N–C) groups is 1. The van der Waals surface area contributed by atoms with Crippen molar-refractivity contribution in [3.63, 3.8) is 0 Å². The number of aryl methyl sites for hydroxylation is 1. The maximum Gasteiger partial charge on any atom is 0.144 e. The Kier molecular flexibility index (Phi) is 4.46. The number of methoxy groups -OCH3 is 1. The second-order valence-corrected chi connectivity index (χ2v) is 6.31. The smallest absolute Gasteiger partial charge is 0.144 e. The van der Waals surface area contributed by atoms with Crippen molar-refractivity contribution in [3.05, 3.63) is 59.2 Å². The quantitative estimate of drug-likeness (QED) is 0.721. The Hall–Kier alpha value is -2.09. The third kappa shape index (κ3) is 3.94. The van der Waals surface area contributed by atoms with Gasteiger partial charge in [-0.25, -0.2) is 0 Å². The second kappa shape index (κ2) is 6.13. The highest BCUT2D eigenvalue weighted by atomic mass is 16.5. The zero-order valence-electron chi connectivity index (χ0n) is 13.5. The van der Waals surface area contributed by atoms with Gasteiger partial charge >= 0.3 is 0 Å². The second-order valence-electron chi connectivity index (χ2n) is 6.31. The average Bonchev–Trinajstić information content (AvgIpc) is 2.45. The molecule has 0 saturated heterocycles. The first-order valence-corrected chi connectivity index (χ1v) is 7.19. The van der Waals surface area contributed by atoms with Crippen molar-refractivity contribution in [3.8, 4) is 5.75 Å². The molecule has 0 aromatic heterocycles. The highest BCUT2D eigenvalue weighted by Crippen LogP contribution is 2.28. The molecule has 0 aliphatic carbocycles. The largest absolute Gasteiger partial charge is 0.494 e. The van der Waals surface area contributed by atoms with Crippen LogP contribution >= 0.6 is 0 Å². The summed E-state index contributed by atoms with van der Waals surface area (Å²) in [6, 6.07) is 14.5. The highest BCUT2D eigenvalue weighted by molar-refractivity contribution is 5.82. The molecule has 0 unspecified atom stereocenters. The van der Waals surface area contributed by atoms with Crippen molar-refractivity contribution in [2.75, 3.05) is 7.11 Å². The van der Waals surface area contributed by atoms with Crippen LogP contribution in [0.2, 0.25) is 0 Å². The van der Waals surface area contributed by atoms with E-state index in [2.05, 4.69) is 57.0 Å². The molecule has 0 heterocycles. The Labute approximate surface area is 127 Å². The summed E-state index contributed by atoms with van der Waals surface area (Å²) in [5.74, 6) is 0.795. The molecule has 110 valence electrons. The van der Waals surface area contributed by atoms with Gasteiger partial charge in [0.15, 0.2) is 0 Å². The molecule has 0 spiro atoms. The molecule has 2 aromatic carbocycles. The Morgan fingerprint density at radius 2 is 1.67 bits per heavy atom. The number of ether oxygens (including phenoxy) is 1. The summed E-state index contributed by atoms with van der Waals surface area (Å²) in [4.78, 5) is 4.55. The third-order valence-electron chi connectivity index (χ3n) is 3.46. The fourth-order valence-electron chi connectivity index (χ4n) is 2.11. The summed E-state index contributed by atoms with van der Waals surface area (Å²) in [6.45, 7) is 8.70. The van der Waals surface area contributed by atoms with Gasteiger partial charge in [-0.15, -0.1) is 0 Å². The van der Waals surface area contributed by atoms with Gasteiger partial charge in [0.2, 0.25) is 0 Å². The molecule has 0 aliphatic heterocycles. The number of benzene rings is 2. The van der Waals surface area contributed by atoms with Crippen LogP contribution < -0.4 is 4.74 Å². The van der Waals surface area contributed by atoms with Gasteiger partial charge in [-0.3, -0.25) is 4.99 Å². The minimum atomic E-state index is 0.176. The van der Waals surface area contributed by atoms with Gasteiger partial charge in [-0.05, 0) is 41.2 Å². The van der Waals surface area contributed by atoms with Crippen molar-refractivity contribution < 1.29 is 4.74 Å². The average molecular weight is 281 g/mol. The van der Waals surface area contributed by atoms with E-state index in [0.29, 0.717) is 0 Å². The summed E-state index contributed by atoms with van der Waals surface area (Å²) in [5, 5.41) is 0. The van der Waals surface area contributed by atoms with Crippen molar-refractivity contribution in [2.45, 2.75) is 33.1 Å². The number of hydrogen-bond donors (Lipinski definition) is 0. The van der Waals surface area contributed by atoms with Gasteiger partial charge in [-0.2, -0.15) is 0 Å². The van der Waals surface area contributed by atoms with Gasteiger partial charge < -0.3 is 4.74 Å². The zero-order chi connectivity index (χ0) is 15.5. The van der Waals surface area contributed by atoms with E-state index >= 15 is 0 Å². The SMILES string of the molecule is COc1ccc(C)cc1N=Cc1ccc(C(C)(C)C)cc1. The lowest BCUT2D eigenvalue weighted by atomic mass is 9.87. The Balaban J connectivity index is 2.24. The van der Waals surface area contributed by atoms with E-state index in [1.165, 1.54) is 11.1 Å². The van der Waals surface area contributed by atoms with Crippen LogP contribution in [0.25, 0.3) is 0 Å². The molecule has 0 amide bonds. The Bertz CT molecular complexity index is 634. The van der Waals surface area contributed by atoms with Crippen LogP contribution in [-0.4, -0.2) is 13.3 Å². The van der Waals surface area contributed by atoms with Crippen LogP contribution in [0, 0.1) is 6.92 Å². The lowest BCUT2D eigenvalue weighted by Gasteiger charge is -2.18. The number of nitrogens with zero attached hydrogens (tertiary/aromatic N) is 1. The van der Waals surface area contributed by atoms with E-state index in [9.17, 15) is 0 Å².